The second-order valence-corrected chi connectivity index (χ2v) is 8.92. The van der Waals surface area contributed by atoms with Gasteiger partial charge in [-0.3, -0.25) is 4.79 Å². The molecule has 25 heavy (non-hydrogen) atoms. The van der Waals surface area contributed by atoms with Crippen LogP contribution in [0.25, 0.3) is 0 Å². The van der Waals surface area contributed by atoms with Crippen LogP contribution in [0.2, 0.25) is 5.02 Å². The van der Waals surface area contributed by atoms with E-state index in [-0.39, 0.29) is 17.4 Å². The molecule has 5 heteroatoms. The van der Waals surface area contributed by atoms with E-state index in [4.69, 9.17) is 21.1 Å². The van der Waals surface area contributed by atoms with Crippen LogP contribution in [0.4, 0.5) is 0 Å². The van der Waals surface area contributed by atoms with Gasteiger partial charge in [-0.05, 0) is 53.7 Å². The molecule has 1 amide bonds. The van der Waals surface area contributed by atoms with Gasteiger partial charge in [0.2, 0.25) is 5.91 Å². The monoisotopic (exact) mass is 363 g/mol. The molecule has 1 aromatic carbocycles. The summed E-state index contributed by atoms with van der Waals surface area (Å²) in [6.45, 7) is 8.07. The van der Waals surface area contributed by atoms with E-state index in [1.54, 1.807) is 6.07 Å². The van der Waals surface area contributed by atoms with E-state index in [2.05, 4.69) is 26.1 Å². The van der Waals surface area contributed by atoms with E-state index in [1.165, 1.54) is 12.8 Å². The number of ether oxygens (including phenoxy) is 2. The minimum Gasteiger partial charge on any atom is -0.486 e. The largest absolute Gasteiger partial charge is 0.486 e. The van der Waals surface area contributed by atoms with Crippen molar-refractivity contribution in [2.75, 3.05) is 13.2 Å². The van der Waals surface area contributed by atoms with Gasteiger partial charge in [-0.2, -0.15) is 0 Å². The van der Waals surface area contributed by atoms with Gasteiger partial charge in [0, 0.05) is 6.04 Å². The fourth-order valence-corrected chi connectivity index (χ4v) is 5.41. The Hall–Kier alpha value is -1.42. The van der Waals surface area contributed by atoms with E-state index < -0.39 is 0 Å². The third-order valence-corrected chi connectivity index (χ3v) is 7.43. The van der Waals surface area contributed by atoms with E-state index in [1.807, 2.05) is 6.07 Å². The molecule has 2 bridgehead atoms. The highest BCUT2D eigenvalue weighted by Crippen LogP contribution is 2.65. The maximum absolute atomic E-state index is 12.7. The van der Waals surface area contributed by atoms with Crippen LogP contribution in [0, 0.1) is 16.7 Å². The fraction of sp³-hybridized carbons (Fsp3) is 0.650. The number of fused-ring (bicyclic) bond motifs is 3. The summed E-state index contributed by atoms with van der Waals surface area (Å²) >= 11 is 6.28. The van der Waals surface area contributed by atoms with Crippen LogP contribution in [0.1, 0.15) is 45.6 Å². The third-order valence-electron chi connectivity index (χ3n) is 7.15. The Bertz CT molecular complexity index is 717. The normalized spacial score (nSPS) is 31.8. The number of carbonyl (C=O) groups excluding carboxylic acids is 1. The predicted molar refractivity (Wildman–Crippen MR) is 97.3 cm³/mol. The second kappa shape index (κ2) is 5.80. The number of amides is 1. The number of carbonyl (C=O) groups is 1. The number of hydrogen-bond acceptors (Lipinski definition) is 3. The van der Waals surface area contributed by atoms with Crippen molar-refractivity contribution in [2.24, 2.45) is 16.7 Å². The van der Waals surface area contributed by atoms with Gasteiger partial charge in [-0.15, -0.1) is 0 Å². The van der Waals surface area contributed by atoms with Crippen molar-refractivity contribution in [1.29, 1.82) is 0 Å². The Labute approximate surface area is 154 Å². The maximum atomic E-state index is 12.7. The first-order valence-corrected chi connectivity index (χ1v) is 9.56. The first-order valence-electron chi connectivity index (χ1n) is 9.18. The quantitative estimate of drug-likeness (QED) is 0.883. The minimum atomic E-state index is 0.0577. The zero-order valence-electron chi connectivity index (χ0n) is 15.2. The average Bonchev–Trinajstić information content (AvgIpc) is 2.88. The van der Waals surface area contributed by atoms with Crippen molar-refractivity contribution in [3.63, 3.8) is 0 Å². The molecule has 3 atom stereocenters. The summed E-state index contributed by atoms with van der Waals surface area (Å²) in [6.07, 6.45) is 3.89. The van der Waals surface area contributed by atoms with Crippen LogP contribution in [0.5, 0.6) is 11.5 Å². The van der Waals surface area contributed by atoms with Crippen LogP contribution >= 0.6 is 11.6 Å². The summed E-state index contributed by atoms with van der Waals surface area (Å²) in [5.74, 6) is 1.99. The molecular weight excluding hydrogens is 338 g/mol. The third kappa shape index (κ3) is 2.61. The van der Waals surface area contributed by atoms with Crippen molar-refractivity contribution in [2.45, 2.75) is 52.5 Å². The molecule has 3 aliphatic rings. The number of rotatable bonds is 3. The highest BCUT2D eigenvalue weighted by atomic mass is 35.5. The molecular formula is C20H26ClNO3. The van der Waals surface area contributed by atoms with Gasteiger partial charge >= 0.3 is 0 Å². The zero-order valence-corrected chi connectivity index (χ0v) is 15.9. The first-order chi connectivity index (χ1) is 11.8. The van der Waals surface area contributed by atoms with Gasteiger partial charge in [-0.1, -0.05) is 32.4 Å². The summed E-state index contributed by atoms with van der Waals surface area (Å²) in [5.41, 5.74) is 1.35. The van der Waals surface area contributed by atoms with Gasteiger partial charge in [0.25, 0.3) is 0 Å². The molecule has 4 rings (SSSR count). The molecule has 1 heterocycles. The minimum absolute atomic E-state index is 0.0577. The lowest BCUT2D eigenvalue weighted by atomic mass is 9.69. The van der Waals surface area contributed by atoms with Crippen LogP contribution in [-0.2, 0) is 11.2 Å². The lowest BCUT2D eigenvalue weighted by molar-refractivity contribution is -0.122. The second-order valence-electron chi connectivity index (χ2n) is 8.51. The summed E-state index contributed by atoms with van der Waals surface area (Å²) in [4.78, 5) is 12.7. The summed E-state index contributed by atoms with van der Waals surface area (Å²) in [5, 5.41) is 3.81. The molecule has 0 radical (unpaired) electrons. The smallest absolute Gasteiger partial charge is 0.224 e. The first kappa shape index (κ1) is 17.0. The molecule has 1 aliphatic heterocycles. The number of halogens is 1. The van der Waals surface area contributed by atoms with Gasteiger partial charge in [-0.25, -0.2) is 0 Å². The molecule has 0 spiro atoms. The van der Waals surface area contributed by atoms with E-state index in [9.17, 15) is 4.79 Å². The highest BCUT2D eigenvalue weighted by molar-refractivity contribution is 6.32. The van der Waals surface area contributed by atoms with Crippen molar-refractivity contribution < 1.29 is 14.3 Å². The van der Waals surface area contributed by atoms with Gasteiger partial charge in [0.15, 0.2) is 11.5 Å². The molecule has 3 unspecified atom stereocenters. The Kier molecular flexibility index (Phi) is 3.95. The van der Waals surface area contributed by atoms with Gasteiger partial charge in [0.05, 0.1) is 11.4 Å². The maximum Gasteiger partial charge on any atom is 0.224 e. The molecule has 2 fully saturated rings. The Balaban J connectivity index is 1.46. The van der Waals surface area contributed by atoms with E-state index in [0.29, 0.717) is 47.5 Å². The summed E-state index contributed by atoms with van der Waals surface area (Å²) in [7, 11) is 0. The molecule has 136 valence electrons. The zero-order chi connectivity index (χ0) is 17.8. The molecule has 2 saturated carbocycles. The number of benzene rings is 1. The van der Waals surface area contributed by atoms with E-state index in [0.717, 1.165) is 12.0 Å². The van der Waals surface area contributed by atoms with Crippen molar-refractivity contribution in [3.8, 4) is 11.5 Å². The number of hydrogen-bond donors (Lipinski definition) is 1. The van der Waals surface area contributed by atoms with Gasteiger partial charge < -0.3 is 14.8 Å². The summed E-state index contributed by atoms with van der Waals surface area (Å²) in [6, 6.07) is 3.94. The summed E-state index contributed by atoms with van der Waals surface area (Å²) < 4.78 is 11.1. The fourth-order valence-electron chi connectivity index (χ4n) is 5.12. The van der Waals surface area contributed by atoms with Crippen LogP contribution < -0.4 is 14.8 Å². The van der Waals surface area contributed by atoms with Crippen LogP contribution in [-0.4, -0.2) is 25.2 Å². The molecule has 0 saturated heterocycles. The van der Waals surface area contributed by atoms with Crippen molar-refractivity contribution in [3.05, 3.63) is 22.7 Å². The van der Waals surface area contributed by atoms with Gasteiger partial charge in [0.1, 0.15) is 13.2 Å². The van der Waals surface area contributed by atoms with Crippen molar-refractivity contribution >= 4 is 17.5 Å². The molecule has 1 aromatic rings. The topological polar surface area (TPSA) is 47.6 Å². The Morgan fingerprint density at radius 2 is 2.04 bits per heavy atom. The predicted octanol–water partition coefficient (Wildman–Crippen LogP) is 3.98. The Morgan fingerprint density at radius 1 is 1.28 bits per heavy atom. The lowest BCUT2D eigenvalue weighted by Crippen LogP contribution is -2.47. The molecule has 2 aliphatic carbocycles. The van der Waals surface area contributed by atoms with E-state index >= 15 is 0 Å². The molecule has 0 aromatic heterocycles. The van der Waals surface area contributed by atoms with Crippen LogP contribution in [0.15, 0.2) is 12.1 Å². The average molecular weight is 364 g/mol. The SMILES string of the molecule is CC1(C)C2CCC1(C)C(NC(=O)Cc1cc(Cl)c3c(c1)OCCO3)C2. The van der Waals surface area contributed by atoms with Crippen molar-refractivity contribution in [1.82, 2.24) is 5.32 Å². The molecule has 4 nitrogen and oxygen atoms in total. The standard InChI is InChI=1S/C20H26ClNO3/c1-19(2)13-4-5-20(19,3)16(11-13)22-17(23)10-12-8-14(21)18-15(9-12)24-6-7-25-18/h8-9,13,16H,4-7,10-11H2,1-3H3,(H,22,23). The lowest BCUT2D eigenvalue weighted by Gasteiger charge is -2.39. The molecule has 1 N–H and O–H groups in total. The number of nitrogens with one attached hydrogen (secondary N) is 1. The Morgan fingerprint density at radius 3 is 2.72 bits per heavy atom. The van der Waals surface area contributed by atoms with Crippen LogP contribution in [0.3, 0.4) is 0 Å². The highest BCUT2D eigenvalue weighted by Gasteiger charge is 2.61.